The zero-order chi connectivity index (χ0) is 15.6. The molecule has 2 rings (SSSR count). The number of carbonyl (C=O) groups is 3. The molecule has 0 radical (unpaired) electrons. The van der Waals surface area contributed by atoms with Crippen molar-refractivity contribution in [3.63, 3.8) is 0 Å². The second kappa shape index (κ2) is 5.94. The van der Waals surface area contributed by atoms with Crippen LogP contribution in [0, 0.1) is 5.92 Å². The summed E-state index contributed by atoms with van der Waals surface area (Å²) in [7, 11) is 1.67. The van der Waals surface area contributed by atoms with Gasteiger partial charge in [-0.05, 0) is 6.92 Å². The summed E-state index contributed by atoms with van der Waals surface area (Å²) in [4.78, 5) is 36.7. The number of nitrogens with zero attached hydrogens (tertiary/aromatic N) is 3. The molecular formula is C13H18N4O4. The van der Waals surface area contributed by atoms with Gasteiger partial charge in [0.25, 0.3) is 0 Å². The second-order valence-corrected chi connectivity index (χ2v) is 5.06. The van der Waals surface area contributed by atoms with Crippen molar-refractivity contribution in [3.05, 3.63) is 18.0 Å². The van der Waals surface area contributed by atoms with Gasteiger partial charge in [-0.2, -0.15) is 5.10 Å². The van der Waals surface area contributed by atoms with E-state index in [0.717, 1.165) is 0 Å². The first-order valence-corrected chi connectivity index (χ1v) is 6.71. The van der Waals surface area contributed by atoms with Gasteiger partial charge in [-0.15, -0.1) is 0 Å². The van der Waals surface area contributed by atoms with Gasteiger partial charge in [0.2, 0.25) is 11.8 Å². The lowest BCUT2D eigenvalue weighted by Gasteiger charge is -2.17. The molecule has 114 valence electrons. The highest BCUT2D eigenvalue weighted by atomic mass is 16.4. The molecule has 1 saturated heterocycles. The summed E-state index contributed by atoms with van der Waals surface area (Å²) in [5.41, 5.74) is 0.398. The molecule has 8 nitrogen and oxygen atoms in total. The van der Waals surface area contributed by atoms with Crippen LogP contribution in [0.4, 0.5) is 0 Å². The van der Waals surface area contributed by atoms with Crippen molar-refractivity contribution >= 4 is 17.8 Å². The molecule has 2 atom stereocenters. The van der Waals surface area contributed by atoms with Crippen molar-refractivity contribution in [2.45, 2.75) is 19.4 Å². The lowest BCUT2D eigenvalue weighted by molar-refractivity contribution is -0.142. The quantitative estimate of drug-likeness (QED) is 0.764. The van der Waals surface area contributed by atoms with Crippen LogP contribution in [0.5, 0.6) is 0 Å². The maximum absolute atomic E-state index is 12.2. The van der Waals surface area contributed by atoms with Crippen molar-refractivity contribution in [3.8, 4) is 0 Å². The second-order valence-electron chi connectivity index (χ2n) is 5.06. The zero-order valence-electron chi connectivity index (χ0n) is 11.9. The molecule has 8 heteroatoms. The molecule has 21 heavy (non-hydrogen) atoms. The number of aliphatic carboxylic acids is 1. The van der Waals surface area contributed by atoms with Gasteiger partial charge in [0.05, 0.1) is 12.1 Å². The van der Waals surface area contributed by atoms with Crippen LogP contribution in [-0.4, -0.2) is 50.7 Å². The molecule has 0 aromatic carbocycles. The number of nitrogens with one attached hydrogen (secondary N) is 1. The van der Waals surface area contributed by atoms with Gasteiger partial charge >= 0.3 is 5.97 Å². The predicted octanol–water partition coefficient (Wildman–Crippen LogP) is -0.470. The number of likely N-dealkylation sites (tertiary alicyclic amines) is 1. The van der Waals surface area contributed by atoms with E-state index in [2.05, 4.69) is 10.4 Å². The van der Waals surface area contributed by atoms with Crippen LogP contribution in [0.25, 0.3) is 0 Å². The Bertz CT molecular complexity index is 568. The van der Waals surface area contributed by atoms with Crippen molar-refractivity contribution in [1.29, 1.82) is 0 Å². The number of hydrogen-bond acceptors (Lipinski definition) is 4. The van der Waals surface area contributed by atoms with Crippen LogP contribution in [0.3, 0.4) is 0 Å². The SMILES string of the molecule is CCN1CC(C(=O)NC(C(=O)O)c2cnn(C)c2)CC1=O. The first-order chi connectivity index (χ1) is 9.92. The van der Waals surface area contributed by atoms with E-state index in [0.29, 0.717) is 18.7 Å². The molecule has 0 bridgehead atoms. The first kappa shape index (κ1) is 15.0. The van der Waals surface area contributed by atoms with Crippen LogP contribution in [-0.2, 0) is 21.4 Å². The van der Waals surface area contributed by atoms with Crippen LogP contribution in [0.1, 0.15) is 24.9 Å². The minimum Gasteiger partial charge on any atom is -0.479 e. The summed E-state index contributed by atoms with van der Waals surface area (Å²) < 4.78 is 1.47. The van der Waals surface area contributed by atoms with Crippen LogP contribution in [0.15, 0.2) is 12.4 Å². The molecule has 2 amide bonds. The highest BCUT2D eigenvalue weighted by Crippen LogP contribution is 2.20. The Morgan fingerprint density at radius 2 is 2.29 bits per heavy atom. The molecule has 0 saturated carbocycles. The van der Waals surface area contributed by atoms with E-state index in [9.17, 15) is 19.5 Å². The van der Waals surface area contributed by atoms with Gasteiger partial charge in [0.1, 0.15) is 0 Å². The number of aryl methyl sites for hydroxylation is 1. The van der Waals surface area contributed by atoms with Gasteiger partial charge in [-0.25, -0.2) is 4.79 Å². The zero-order valence-corrected chi connectivity index (χ0v) is 11.9. The van der Waals surface area contributed by atoms with Crippen LogP contribution in [0.2, 0.25) is 0 Å². The number of hydrogen-bond donors (Lipinski definition) is 2. The van der Waals surface area contributed by atoms with E-state index in [1.165, 1.54) is 17.1 Å². The standard InChI is InChI=1S/C13H18N4O4/c1-3-17-7-8(4-10(17)18)12(19)15-11(13(20)21)9-5-14-16(2)6-9/h5-6,8,11H,3-4,7H2,1-2H3,(H,15,19)(H,20,21). The fourth-order valence-electron chi connectivity index (χ4n) is 2.39. The average molecular weight is 294 g/mol. The molecular weight excluding hydrogens is 276 g/mol. The Kier molecular flexibility index (Phi) is 4.25. The maximum Gasteiger partial charge on any atom is 0.331 e. The largest absolute Gasteiger partial charge is 0.479 e. The summed E-state index contributed by atoms with van der Waals surface area (Å²) >= 11 is 0. The van der Waals surface area contributed by atoms with Crippen molar-refractivity contribution in [2.24, 2.45) is 13.0 Å². The molecule has 2 N–H and O–H groups in total. The third kappa shape index (κ3) is 3.21. The Labute approximate surface area is 121 Å². The molecule has 1 aromatic rings. The topological polar surface area (TPSA) is 105 Å². The van der Waals surface area contributed by atoms with Crippen molar-refractivity contribution in [2.75, 3.05) is 13.1 Å². The van der Waals surface area contributed by atoms with E-state index in [1.54, 1.807) is 11.9 Å². The van der Waals surface area contributed by atoms with Gasteiger partial charge in [0.15, 0.2) is 6.04 Å². The van der Waals surface area contributed by atoms with E-state index in [-0.39, 0.29) is 12.3 Å². The van der Waals surface area contributed by atoms with E-state index in [1.807, 2.05) is 6.92 Å². The lowest BCUT2D eigenvalue weighted by atomic mass is 10.1. The Balaban J connectivity index is 2.06. The molecule has 0 aliphatic carbocycles. The number of carbonyl (C=O) groups excluding carboxylic acids is 2. The summed E-state index contributed by atoms with van der Waals surface area (Å²) in [6.07, 6.45) is 3.06. The summed E-state index contributed by atoms with van der Waals surface area (Å²) in [5.74, 6) is -2.16. The number of rotatable bonds is 5. The molecule has 1 aliphatic rings. The van der Waals surface area contributed by atoms with Gasteiger partial charge in [-0.1, -0.05) is 0 Å². The summed E-state index contributed by atoms with van der Waals surface area (Å²) in [5, 5.41) is 15.6. The van der Waals surface area contributed by atoms with Crippen molar-refractivity contribution < 1.29 is 19.5 Å². The monoisotopic (exact) mass is 294 g/mol. The molecule has 1 fully saturated rings. The number of carboxylic acids is 1. The smallest absolute Gasteiger partial charge is 0.331 e. The minimum absolute atomic E-state index is 0.0779. The van der Waals surface area contributed by atoms with Gasteiger partial charge < -0.3 is 15.3 Å². The maximum atomic E-state index is 12.2. The summed E-state index contributed by atoms with van der Waals surface area (Å²) in [6, 6.07) is -1.16. The highest BCUT2D eigenvalue weighted by molar-refractivity contribution is 5.91. The Hall–Kier alpha value is -2.38. The van der Waals surface area contributed by atoms with Gasteiger partial charge in [-0.3, -0.25) is 14.3 Å². The average Bonchev–Trinajstić information content (AvgIpc) is 3.01. The fourth-order valence-corrected chi connectivity index (χ4v) is 2.39. The fraction of sp³-hybridized carbons (Fsp3) is 0.538. The van der Waals surface area contributed by atoms with E-state index >= 15 is 0 Å². The van der Waals surface area contributed by atoms with E-state index < -0.39 is 23.8 Å². The van der Waals surface area contributed by atoms with Gasteiger partial charge in [0, 0.05) is 38.3 Å². The molecule has 2 heterocycles. The minimum atomic E-state index is -1.16. The number of aromatic nitrogens is 2. The third-order valence-electron chi connectivity index (χ3n) is 3.56. The number of amides is 2. The Morgan fingerprint density at radius 3 is 2.76 bits per heavy atom. The summed E-state index contributed by atoms with van der Waals surface area (Å²) in [6.45, 7) is 2.72. The lowest BCUT2D eigenvalue weighted by Crippen LogP contribution is -2.38. The van der Waals surface area contributed by atoms with Crippen LogP contribution >= 0.6 is 0 Å². The molecule has 1 aliphatic heterocycles. The predicted molar refractivity (Wildman–Crippen MR) is 72.1 cm³/mol. The van der Waals surface area contributed by atoms with Crippen molar-refractivity contribution in [1.82, 2.24) is 20.0 Å². The Morgan fingerprint density at radius 1 is 1.57 bits per heavy atom. The third-order valence-corrected chi connectivity index (χ3v) is 3.56. The highest BCUT2D eigenvalue weighted by Gasteiger charge is 2.35. The normalized spacial score (nSPS) is 19.6. The van der Waals surface area contributed by atoms with Crippen LogP contribution < -0.4 is 5.32 Å². The first-order valence-electron chi connectivity index (χ1n) is 6.71. The number of carboxylic acid groups (broad SMARTS) is 1. The van der Waals surface area contributed by atoms with E-state index in [4.69, 9.17) is 0 Å². The molecule has 1 aromatic heterocycles. The molecule has 0 spiro atoms. The molecule has 2 unspecified atom stereocenters.